The summed E-state index contributed by atoms with van der Waals surface area (Å²) in [4.78, 5) is 35.3. The van der Waals surface area contributed by atoms with Gasteiger partial charge in [-0.2, -0.15) is 13.8 Å². The molecule has 0 spiro atoms. The standard InChI is InChI=1S/C25H18F2N4O4S/c1-2-34-25-29-22-19(36-25)12-16(23(33)30(22)14-4-6-15(7-5-14)35-24(26)27)13-3-8-17-18(11-13)31-20(28-17)9-10-21(31)32/h3-8,11-12,24H,2,9-10H2,1H3. The van der Waals surface area contributed by atoms with Crippen LogP contribution >= 0.6 is 11.3 Å². The quantitative estimate of drug-likeness (QED) is 0.319. The van der Waals surface area contributed by atoms with Crippen molar-refractivity contribution in [3.8, 4) is 27.8 Å². The molecule has 0 amide bonds. The fourth-order valence-electron chi connectivity index (χ4n) is 4.45. The highest BCUT2D eigenvalue weighted by Crippen LogP contribution is 2.33. The summed E-state index contributed by atoms with van der Waals surface area (Å²) >= 11 is 1.30. The summed E-state index contributed by atoms with van der Waals surface area (Å²) in [5, 5.41) is 0.408. The van der Waals surface area contributed by atoms with Crippen LogP contribution in [0.5, 0.6) is 10.9 Å². The van der Waals surface area contributed by atoms with Crippen molar-refractivity contribution in [3.63, 3.8) is 0 Å². The Kier molecular flexibility index (Phi) is 5.29. The van der Waals surface area contributed by atoms with Gasteiger partial charge in [0.2, 0.25) is 5.91 Å². The van der Waals surface area contributed by atoms with Gasteiger partial charge in [0.15, 0.2) is 5.65 Å². The molecule has 0 radical (unpaired) electrons. The second kappa shape index (κ2) is 8.52. The molecular formula is C25H18F2N4O4S. The number of ether oxygens (including phenoxy) is 2. The van der Waals surface area contributed by atoms with Crippen LogP contribution in [0, 0.1) is 0 Å². The number of rotatable bonds is 6. The van der Waals surface area contributed by atoms with Gasteiger partial charge in [-0.25, -0.2) is 4.98 Å². The number of benzene rings is 2. The molecule has 0 saturated carbocycles. The fraction of sp³-hybridized carbons (Fsp3) is 0.200. The van der Waals surface area contributed by atoms with Gasteiger partial charge in [0.05, 0.1) is 28.0 Å². The number of imidazole rings is 1. The lowest BCUT2D eigenvalue weighted by Crippen LogP contribution is -2.20. The van der Waals surface area contributed by atoms with Gasteiger partial charge in [-0.15, -0.1) is 0 Å². The number of thiazole rings is 1. The molecule has 1 aliphatic heterocycles. The maximum atomic E-state index is 13.8. The van der Waals surface area contributed by atoms with Crippen molar-refractivity contribution >= 4 is 38.6 Å². The minimum Gasteiger partial charge on any atom is -0.470 e. The van der Waals surface area contributed by atoms with E-state index in [9.17, 15) is 18.4 Å². The van der Waals surface area contributed by atoms with Gasteiger partial charge in [-0.05, 0) is 55.0 Å². The van der Waals surface area contributed by atoms with Gasteiger partial charge < -0.3 is 9.47 Å². The molecule has 6 rings (SSSR count). The summed E-state index contributed by atoms with van der Waals surface area (Å²) in [6.07, 6.45) is 1.00. The van der Waals surface area contributed by atoms with Crippen molar-refractivity contribution in [1.82, 2.24) is 19.1 Å². The first kappa shape index (κ1) is 22.4. The molecule has 4 heterocycles. The van der Waals surface area contributed by atoms with E-state index in [-0.39, 0.29) is 17.2 Å². The van der Waals surface area contributed by atoms with E-state index in [2.05, 4.69) is 14.7 Å². The monoisotopic (exact) mass is 508 g/mol. The number of alkyl halides is 2. The summed E-state index contributed by atoms with van der Waals surface area (Å²) in [5.41, 5.74) is 2.83. The van der Waals surface area contributed by atoms with Crippen molar-refractivity contribution in [2.24, 2.45) is 0 Å². The number of carbonyl (C=O) groups is 1. The normalized spacial score (nSPS) is 13.2. The van der Waals surface area contributed by atoms with Crippen LogP contribution in [0.25, 0.3) is 38.2 Å². The average molecular weight is 509 g/mol. The first-order valence-corrected chi connectivity index (χ1v) is 12.0. The fourth-order valence-corrected chi connectivity index (χ4v) is 5.35. The molecule has 2 aromatic carbocycles. The number of nitrogens with zero attached hydrogens (tertiary/aromatic N) is 4. The van der Waals surface area contributed by atoms with Crippen LogP contribution in [0.1, 0.15) is 24.0 Å². The molecule has 11 heteroatoms. The number of hydrogen-bond acceptors (Lipinski definition) is 7. The SMILES string of the molecule is CCOc1nc2c(cc(-c3ccc4nc5n(c4c3)C(=O)CC5)c(=O)n2-c2ccc(OC(F)F)cc2)s1. The third kappa shape index (κ3) is 3.63. The lowest BCUT2D eigenvalue weighted by atomic mass is 10.1. The van der Waals surface area contributed by atoms with Gasteiger partial charge in [0, 0.05) is 18.4 Å². The highest BCUT2D eigenvalue weighted by atomic mass is 32.1. The second-order valence-electron chi connectivity index (χ2n) is 8.13. The molecule has 5 aromatic rings. The van der Waals surface area contributed by atoms with Crippen LogP contribution in [0.2, 0.25) is 0 Å². The van der Waals surface area contributed by atoms with E-state index in [4.69, 9.17) is 4.74 Å². The van der Waals surface area contributed by atoms with E-state index in [1.165, 1.54) is 40.2 Å². The molecule has 0 saturated heterocycles. The Balaban J connectivity index is 1.56. The zero-order valence-corrected chi connectivity index (χ0v) is 19.7. The number of carbonyl (C=O) groups excluding carboxylic acids is 1. The molecule has 182 valence electrons. The van der Waals surface area contributed by atoms with Crippen molar-refractivity contribution in [3.05, 3.63) is 64.7 Å². The zero-order chi connectivity index (χ0) is 25.0. The topological polar surface area (TPSA) is 88.2 Å². The number of hydrogen-bond donors (Lipinski definition) is 0. The molecule has 0 bridgehead atoms. The lowest BCUT2D eigenvalue weighted by molar-refractivity contribution is -0.0498. The molecule has 0 fully saturated rings. The number of aryl methyl sites for hydroxylation is 1. The molecule has 3 aromatic heterocycles. The molecular weight excluding hydrogens is 490 g/mol. The first-order chi connectivity index (χ1) is 17.4. The molecule has 8 nitrogen and oxygen atoms in total. The molecule has 0 unspecified atom stereocenters. The average Bonchev–Trinajstić information content (AvgIpc) is 3.53. The summed E-state index contributed by atoms with van der Waals surface area (Å²) in [6, 6.07) is 12.9. The Hall–Kier alpha value is -4.12. The minimum atomic E-state index is -2.95. The van der Waals surface area contributed by atoms with E-state index >= 15 is 0 Å². The van der Waals surface area contributed by atoms with Crippen molar-refractivity contribution in [1.29, 1.82) is 0 Å². The van der Waals surface area contributed by atoms with Crippen LogP contribution in [0.3, 0.4) is 0 Å². The second-order valence-corrected chi connectivity index (χ2v) is 9.13. The third-order valence-electron chi connectivity index (χ3n) is 5.97. The summed E-state index contributed by atoms with van der Waals surface area (Å²) < 4.78 is 39.0. The van der Waals surface area contributed by atoms with E-state index < -0.39 is 6.61 Å². The van der Waals surface area contributed by atoms with E-state index in [0.717, 1.165) is 5.82 Å². The van der Waals surface area contributed by atoms with Crippen LogP contribution in [-0.4, -0.2) is 38.2 Å². The highest BCUT2D eigenvalue weighted by molar-refractivity contribution is 7.20. The number of halogens is 2. The van der Waals surface area contributed by atoms with Crippen LogP contribution in [0.15, 0.2) is 53.3 Å². The molecule has 1 aliphatic rings. The summed E-state index contributed by atoms with van der Waals surface area (Å²) in [6.45, 7) is -0.701. The minimum absolute atomic E-state index is 0.0209. The zero-order valence-electron chi connectivity index (χ0n) is 18.9. The summed E-state index contributed by atoms with van der Waals surface area (Å²) in [5.74, 6) is 0.676. The van der Waals surface area contributed by atoms with Gasteiger partial charge in [0.1, 0.15) is 11.6 Å². The Morgan fingerprint density at radius 3 is 2.58 bits per heavy atom. The van der Waals surface area contributed by atoms with Gasteiger partial charge >= 0.3 is 6.61 Å². The van der Waals surface area contributed by atoms with Gasteiger partial charge in [-0.1, -0.05) is 17.4 Å². The maximum Gasteiger partial charge on any atom is 0.387 e. The van der Waals surface area contributed by atoms with E-state index in [1.807, 2.05) is 6.92 Å². The Labute approximate surface area is 206 Å². The summed E-state index contributed by atoms with van der Waals surface area (Å²) in [7, 11) is 0. The van der Waals surface area contributed by atoms with Crippen molar-refractivity contribution < 1.29 is 23.0 Å². The number of aromatic nitrogens is 4. The Morgan fingerprint density at radius 2 is 1.83 bits per heavy atom. The Morgan fingerprint density at radius 1 is 1.03 bits per heavy atom. The van der Waals surface area contributed by atoms with Crippen LogP contribution in [-0.2, 0) is 6.42 Å². The molecule has 0 atom stereocenters. The first-order valence-electron chi connectivity index (χ1n) is 11.2. The van der Waals surface area contributed by atoms with Crippen LogP contribution in [0.4, 0.5) is 8.78 Å². The Bertz CT molecular complexity index is 1710. The van der Waals surface area contributed by atoms with Crippen molar-refractivity contribution in [2.45, 2.75) is 26.4 Å². The molecule has 0 aliphatic carbocycles. The van der Waals surface area contributed by atoms with Crippen molar-refractivity contribution in [2.75, 3.05) is 6.61 Å². The third-order valence-corrected chi connectivity index (χ3v) is 6.87. The lowest BCUT2D eigenvalue weighted by Gasteiger charge is -2.11. The van der Waals surface area contributed by atoms with Gasteiger partial charge in [0.25, 0.3) is 10.8 Å². The highest BCUT2D eigenvalue weighted by Gasteiger charge is 2.24. The molecule has 0 N–H and O–H groups in total. The van der Waals surface area contributed by atoms with E-state index in [0.29, 0.717) is 62.8 Å². The van der Waals surface area contributed by atoms with E-state index in [1.54, 1.807) is 28.8 Å². The largest absolute Gasteiger partial charge is 0.470 e. The smallest absolute Gasteiger partial charge is 0.387 e. The number of pyridine rings is 1. The number of fused-ring (bicyclic) bond motifs is 4. The van der Waals surface area contributed by atoms with Crippen LogP contribution < -0.4 is 15.0 Å². The predicted molar refractivity (Wildman–Crippen MR) is 131 cm³/mol. The maximum absolute atomic E-state index is 13.8. The van der Waals surface area contributed by atoms with Gasteiger partial charge in [-0.3, -0.25) is 18.7 Å². The predicted octanol–water partition coefficient (Wildman–Crippen LogP) is 5.05. The molecule has 36 heavy (non-hydrogen) atoms.